The molecule has 0 saturated carbocycles. The second kappa shape index (κ2) is 5.29. The summed E-state index contributed by atoms with van der Waals surface area (Å²) in [5.74, 6) is 1.24. The Bertz CT molecular complexity index is 719. The van der Waals surface area contributed by atoms with Gasteiger partial charge in [-0.3, -0.25) is 0 Å². The van der Waals surface area contributed by atoms with Crippen LogP contribution in [-0.2, 0) is 13.0 Å². The lowest BCUT2D eigenvalue weighted by molar-refractivity contribution is 0.490. The Balaban J connectivity index is 2.02. The van der Waals surface area contributed by atoms with Crippen molar-refractivity contribution in [2.45, 2.75) is 25.3 Å². The van der Waals surface area contributed by atoms with Crippen LogP contribution >= 0.6 is 11.6 Å². The standard InChI is InChI=1S/C15H14ClFN2O/c1-10(16)15-18-14-12(17)5-2-6-13(14)19(15)8-7-11-4-3-9-20-11/h2-6,9-10H,7-8H2,1H3. The number of fused-ring (bicyclic) bond motifs is 1. The van der Waals surface area contributed by atoms with Gasteiger partial charge in [0.05, 0.1) is 17.2 Å². The second-order valence-electron chi connectivity index (χ2n) is 4.67. The van der Waals surface area contributed by atoms with Crippen molar-refractivity contribution in [3.05, 3.63) is 54.0 Å². The maximum atomic E-state index is 13.8. The van der Waals surface area contributed by atoms with Crippen molar-refractivity contribution in [1.82, 2.24) is 9.55 Å². The van der Waals surface area contributed by atoms with Gasteiger partial charge in [0.25, 0.3) is 0 Å². The predicted octanol–water partition coefficient (Wildman–Crippen LogP) is 4.31. The number of alkyl halides is 1. The molecule has 0 aliphatic rings. The van der Waals surface area contributed by atoms with E-state index in [0.29, 0.717) is 24.3 Å². The molecule has 0 aliphatic carbocycles. The van der Waals surface area contributed by atoms with Crippen LogP contribution in [0.3, 0.4) is 0 Å². The third-order valence-corrected chi connectivity index (χ3v) is 3.47. The lowest BCUT2D eigenvalue weighted by atomic mass is 10.3. The van der Waals surface area contributed by atoms with Crippen LogP contribution in [0.4, 0.5) is 4.39 Å². The fraction of sp³-hybridized carbons (Fsp3) is 0.267. The van der Waals surface area contributed by atoms with Crippen molar-refractivity contribution >= 4 is 22.6 Å². The minimum atomic E-state index is -0.321. The van der Waals surface area contributed by atoms with E-state index in [1.807, 2.05) is 29.7 Å². The van der Waals surface area contributed by atoms with Crippen LogP contribution in [0.1, 0.15) is 23.9 Å². The van der Waals surface area contributed by atoms with E-state index < -0.39 is 0 Å². The third kappa shape index (κ3) is 2.31. The van der Waals surface area contributed by atoms with Gasteiger partial charge in [-0.25, -0.2) is 9.37 Å². The average Bonchev–Trinajstić information content (AvgIpc) is 3.03. The molecule has 0 saturated heterocycles. The van der Waals surface area contributed by atoms with Gasteiger partial charge < -0.3 is 8.98 Å². The van der Waals surface area contributed by atoms with Gasteiger partial charge in [-0.15, -0.1) is 11.6 Å². The molecule has 104 valence electrons. The predicted molar refractivity (Wildman–Crippen MR) is 76.4 cm³/mol. The van der Waals surface area contributed by atoms with Crippen molar-refractivity contribution in [3.63, 3.8) is 0 Å². The first kappa shape index (κ1) is 13.2. The Morgan fingerprint density at radius 2 is 2.20 bits per heavy atom. The summed E-state index contributed by atoms with van der Waals surface area (Å²) in [7, 11) is 0. The number of furan rings is 1. The van der Waals surface area contributed by atoms with Crippen molar-refractivity contribution in [2.75, 3.05) is 0 Å². The number of hydrogen-bond acceptors (Lipinski definition) is 2. The van der Waals surface area contributed by atoms with E-state index in [1.54, 1.807) is 12.3 Å². The van der Waals surface area contributed by atoms with Crippen LogP contribution in [0.25, 0.3) is 11.0 Å². The van der Waals surface area contributed by atoms with Crippen LogP contribution in [0, 0.1) is 5.82 Å². The van der Waals surface area contributed by atoms with E-state index in [1.165, 1.54) is 6.07 Å². The molecule has 3 aromatic rings. The molecule has 3 nitrogen and oxygen atoms in total. The lowest BCUT2D eigenvalue weighted by Gasteiger charge is -2.09. The number of halogens is 2. The number of aromatic nitrogens is 2. The van der Waals surface area contributed by atoms with Crippen molar-refractivity contribution in [1.29, 1.82) is 0 Å². The van der Waals surface area contributed by atoms with Gasteiger partial charge in [0, 0.05) is 13.0 Å². The van der Waals surface area contributed by atoms with Crippen molar-refractivity contribution in [2.24, 2.45) is 0 Å². The average molecular weight is 293 g/mol. The number of hydrogen-bond donors (Lipinski definition) is 0. The van der Waals surface area contributed by atoms with Gasteiger partial charge in [0.2, 0.25) is 0 Å². The summed E-state index contributed by atoms with van der Waals surface area (Å²) < 4.78 is 21.1. The van der Waals surface area contributed by atoms with E-state index in [-0.39, 0.29) is 11.2 Å². The van der Waals surface area contributed by atoms with Gasteiger partial charge >= 0.3 is 0 Å². The highest BCUT2D eigenvalue weighted by Crippen LogP contribution is 2.26. The minimum Gasteiger partial charge on any atom is -0.469 e. The van der Waals surface area contributed by atoms with Crippen LogP contribution in [0.2, 0.25) is 0 Å². The number of imidazole rings is 1. The summed E-state index contributed by atoms with van der Waals surface area (Å²) in [5.41, 5.74) is 1.13. The number of aryl methyl sites for hydroxylation is 2. The van der Waals surface area contributed by atoms with E-state index in [2.05, 4.69) is 4.98 Å². The molecule has 0 radical (unpaired) electrons. The van der Waals surface area contributed by atoms with Gasteiger partial charge in [0.15, 0.2) is 5.82 Å². The Kier molecular flexibility index (Phi) is 3.49. The van der Waals surface area contributed by atoms with Crippen LogP contribution in [0.5, 0.6) is 0 Å². The van der Waals surface area contributed by atoms with Crippen LogP contribution < -0.4 is 0 Å². The van der Waals surface area contributed by atoms with E-state index in [4.69, 9.17) is 16.0 Å². The highest BCUT2D eigenvalue weighted by molar-refractivity contribution is 6.20. The summed E-state index contributed by atoms with van der Waals surface area (Å²) in [6, 6.07) is 8.73. The summed E-state index contributed by atoms with van der Waals surface area (Å²) in [4.78, 5) is 4.34. The zero-order valence-corrected chi connectivity index (χ0v) is 11.8. The topological polar surface area (TPSA) is 31.0 Å². The molecule has 2 heterocycles. The Hall–Kier alpha value is -1.81. The highest BCUT2D eigenvalue weighted by Gasteiger charge is 2.17. The van der Waals surface area contributed by atoms with Crippen molar-refractivity contribution < 1.29 is 8.81 Å². The molecule has 0 aliphatic heterocycles. The van der Waals surface area contributed by atoms with E-state index in [0.717, 1.165) is 11.3 Å². The largest absolute Gasteiger partial charge is 0.469 e. The fourth-order valence-corrected chi connectivity index (χ4v) is 2.51. The molecular formula is C15H14ClFN2O. The normalized spacial score (nSPS) is 12.9. The SMILES string of the molecule is CC(Cl)c1nc2c(F)cccc2n1CCc1ccco1. The summed E-state index contributed by atoms with van der Waals surface area (Å²) in [6.07, 6.45) is 2.36. The minimum absolute atomic E-state index is 0.279. The molecule has 2 aromatic heterocycles. The van der Waals surface area contributed by atoms with E-state index >= 15 is 0 Å². The first-order valence-corrected chi connectivity index (χ1v) is 6.91. The molecule has 0 fully saturated rings. The molecule has 20 heavy (non-hydrogen) atoms. The summed E-state index contributed by atoms with van der Waals surface area (Å²) >= 11 is 6.16. The molecule has 0 bridgehead atoms. The van der Waals surface area contributed by atoms with Gasteiger partial charge in [-0.1, -0.05) is 6.07 Å². The third-order valence-electron chi connectivity index (χ3n) is 3.28. The zero-order chi connectivity index (χ0) is 14.1. The number of para-hydroxylation sites is 1. The smallest absolute Gasteiger partial charge is 0.151 e. The number of nitrogens with zero attached hydrogens (tertiary/aromatic N) is 2. The molecule has 1 unspecified atom stereocenters. The van der Waals surface area contributed by atoms with Crippen LogP contribution in [-0.4, -0.2) is 9.55 Å². The highest BCUT2D eigenvalue weighted by atomic mass is 35.5. The number of rotatable bonds is 4. The Morgan fingerprint density at radius 3 is 2.90 bits per heavy atom. The lowest BCUT2D eigenvalue weighted by Crippen LogP contribution is -2.06. The molecule has 3 rings (SSSR count). The Morgan fingerprint density at radius 1 is 1.35 bits per heavy atom. The fourth-order valence-electron chi connectivity index (χ4n) is 2.35. The monoisotopic (exact) mass is 292 g/mol. The molecule has 1 atom stereocenters. The molecule has 0 amide bonds. The van der Waals surface area contributed by atoms with Crippen LogP contribution in [0.15, 0.2) is 41.0 Å². The molecule has 0 spiro atoms. The molecular weight excluding hydrogens is 279 g/mol. The zero-order valence-electron chi connectivity index (χ0n) is 11.0. The molecule has 0 N–H and O–H groups in total. The quantitative estimate of drug-likeness (QED) is 0.671. The molecule has 5 heteroatoms. The van der Waals surface area contributed by atoms with Gasteiger partial charge in [0.1, 0.15) is 17.1 Å². The Labute approximate surface area is 121 Å². The van der Waals surface area contributed by atoms with E-state index in [9.17, 15) is 4.39 Å². The first-order valence-electron chi connectivity index (χ1n) is 6.48. The number of benzene rings is 1. The van der Waals surface area contributed by atoms with Gasteiger partial charge in [-0.05, 0) is 31.2 Å². The maximum Gasteiger partial charge on any atom is 0.151 e. The van der Waals surface area contributed by atoms with Gasteiger partial charge in [-0.2, -0.15) is 0 Å². The maximum absolute atomic E-state index is 13.8. The summed E-state index contributed by atoms with van der Waals surface area (Å²) in [5, 5.41) is -0.279. The first-order chi connectivity index (χ1) is 9.66. The molecule has 1 aromatic carbocycles. The van der Waals surface area contributed by atoms with Crippen molar-refractivity contribution in [3.8, 4) is 0 Å². The second-order valence-corrected chi connectivity index (χ2v) is 5.33. The summed E-state index contributed by atoms with van der Waals surface area (Å²) in [6.45, 7) is 2.49.